The van der Waals surface area contributed by atoms with Gasteiger partial charge in [-0.1, -0.05) is 261 Å². The first-order valence-electron chi connectivity index (χ1n) is 25.6. The SMILES string of the molecule is C[N+](C)(CCOc1ccccc1)Cc1cccs1.Cl[P+](c1ccccc1)(c1ccccc1)c1ccccc1.c1ccc(P(c2ccccc2)c2ccccc2)cc1.c1ccc(P(c2ccccc2)c2ccccc2)cc1. The highest BCUT2D eigenvalue weighted by molar-refractivity contribution is 8.15. The van der Waals surface area contributed by atoms with Gasteiger partial charge < -0.3 is 9.22 Å². The van der Waals surface area contributed by atoms with Crippen LogP contribution in [0.4, 0.5) is 0 Å². The average molecular weight is 1080 g/mol. The Morgan fingerprint density at radius 2 is 0.618 bits per heavy atom. The molecule has 1 heterocycles. The summed E-state index contributed by atoms with van der Waals surface area (Å²) in [7, 11) is 3.60. The second-order valence-corrected chi connectivity index (χ2v) is 28.1. The molecule has 0 amide bonds. The Balaban J connectivity index is 0.000000134. The molecule has 7 heteroatoms. The van der Waals surface area contributed by atoms with Crippen molar-refractivity contribution in [2.24, 2.45) is 0 Å². The van der Waals surface area contributed by atoms with E-state index >= 15 is 0 Å². The predicted molar refractivity (Wildman–Crippen MR) is 338 cm³/mol. The molecule has 0 aliphatic rings. The zero-order valence-electron chi connectivity index (χ0n) is 43.2. The van der Waals surface area contributed by atoms with E-state index in [4.69, 9.17) is 16.0 Å². The van der Waals surface area contributed by atoms with Gasteiger partial charge in [-0.3, -0.25) is 0 Å². The topological polar surface area (TPSA) is 9.23 Å². The number of thiophene rings is 1. The fraction of sp³-hybridized carbons (Fsp3) is 0.0725. The summed E-state index contributed by atoms with van der Waals surface area (Å²) in [4.78, 5) is 1.43. The number of ether oxygens (including phenoxy) is 1. The second kappa shape index (κ2) is 29.5. The van der Waals surface area contributed by atoms with E-state index in [0.29, 0.717) is 0 Å². The summed E-state index contributed by atoms with van der Waals surface area (Å²) in [6.45, 7) is 0.770. The summed E-state index contributed by atoms with van der Waals surface area (Å²) in [6.07, 6.45) is 0. The minimum Gasteiger partial charge on any atom is -0.488 e. The Morgan fingerprint density at radius 1 is 0.355 bits per heavy atom. The van der Waals surface area contributed by atoms with Gasteiger partial charge in [-0.25, -0.2) is 0 Å². The lowest BCUT2D eigenvalue weighted by molar-refractivity contribution is -0.903. The number of benzene rings is 10. The first-order valence-corrected chi connectivity index (χ1v) is 31.8. The summed E-state index contributed by atoms with van der Waals surface area (Å²) in [6, 6.07) is 110. The fourth-order valence-electron chi connectivity index (χ4n) is 8.54. The van der Waals surface area contributed by atoms with E-state index in [1.54, 1.807) is 0 Å². The van der Waals surface area contributed by atoms with Crippen LogP contribution in [0.2, 0.25) is 0 Å². The fourth-order valence-corrected chi connectivity index (χ4v) is 17.7. The summed E-state index contributed by atoms with van der Waals surface area (Å²) in [5.74, 6) is 0.952. The molecule has 0 fully saturated rings. The summed E-state index contributed by atoms with van der Waals surface area (Å²) in [5, 5.41) is 14.1. The molecule has 76 heavy (non-hydrogen) atoms. The van der Waals surface area contributed by atoms with Gasteiger partial charge in [0.2, 0.25) is 6.62 Å². The molecule has 2 nitrogen and oxygen atoms in total. The quantitative estimate of drug-likeness (QED) is 0.0734. The number of halogens is 1. The largest absolute Gasteiger partial charge is 0.488 e. The van der Waals surface area contributed by atoms with Crippen LogP contribution in [0.1, 0.15) is 4.88 Å². The number of quaternary nitrogens is 1. The zero-order chi connectivity index (χ0) is 52.5. The molecule has 0 unspecified atom stereocenters. The molecule has 0 bridgehead atoms. The van der Waals surface area contributed by atoms with Crippen molar-refractivity contribution in [1.29, 1.82) is 0 Å². The van der Waals surface area contributed by atoms with E-state index in [2.05, 4.69) is 286 Å². The van der Waals surface area contributed by atoms with Crippen molar-refractivity contribution in [2.75, 3.05) is 27.2 Å². The van der Waals surface area contributed by atoms with Crippen LogP contribution in [0.5, 0.6) is 5.75 Å². The molecule has 378 valence electrons. The van der Waals surface area contributed by atoms with Crippen LogP contribution in [0.15, 0.2) is 321 Å². The summed E-state index contributed by atoms with van der Waals surface area (Å²) >= 11 is 9.05. The molecule has 11 rings (SSSR count). The van der Waals surface area contributed by atoms with Crippen molar-refractivity contribution in [3.05, 3.63) is 326 Å². The van der Waals surface area contributed by atoms with Gasteiger partial charge in [0.25, 0.3) is 0 Å². The lowest BCUT2D eigenvalue weighted by atomic mass is 10.3. The number of nitrogens with zero attached hydrogens (tertiary/aromatic N) is 1. The third kappa shape index (κ3) is 16.4. The molecule has 0 saturated carbocycles. The number of hydrogen-bond acceptors (Lipinski definition) is 2. The Labute approximate surface area is 464 Å². The van der Waals surface area contributed by atoms with Crippen LogP contribution in [-0.2, 0) is 6.54 Å². The first kappa shape index (κ1) is 55.5. The molecule has 0 aliphatic carbocycles. The molecule has 0 atom stereocenters. The van der Waals surface area contributed by atoms with Crippen molar-refractivity contribution in [3.63, 3.8) is 0 Å². The molecule has 0 aliphatic heterocycles. The Bertz CT molecular complexity index is 2860. The van der Waals surface area contributed by atoms with E-state index in [0.717, 1.165) is 29.9 Å². The smallest absolute Gasteiger partial charge is 0.210 e. The Hall–Kier alpha value is -6.76. The first-order chi connectivity index (χ1) is 37.4. The van der Waals surface area contributed by atoms with E-state index in [-0.39, 0.29) is 0 Å². The third-order valence-electron chi connectivity index (χ3n) is 12.3. The van der Waals surface area contributed by atoms with Crippen molar-refractivity contribution < 1.29 is 9.22 Å². The predicted octanol–water partition coefficient (Wildman–Crippen LogP) is 14.4. The molecule has 0 radical (unpaired) electrons. The second-order valence-electron chi connectivity index (χ2n) is 18.3. The molecule has 1 aromatic heterocycles. The van der Waals surface area contributed by atoms with Crippen molar-refractivity contribution in [2.45, 2.75) is 6.54 Å². The van der Waals surface area contributed by atoms with Crippen LogP contribution in [0, 0.1) is 0 Å². The standard InChI is InChI=1S/C18H15ClP.2C18H15P.C15H20NOS/c19-20(16-10-4-1-5-11-16,17-12-6-2-7-13-17)18-14-8-3-9-15-18;2*1-4-10-16(11-5-1)19(17-12-6-2-7-13-17)18-14-8-3-9-15-18;1-16(2,13-15-9-6-12-18-15)10-11-17-14-7-4-3-5-8-14/h1-15H;2*1-15H;3-9,12H,10-11,13H2,1-2H3/q+1;;;+1. The van der Waals surface area contributed by atoms with E-state index in [1.165, 1.54) is 52.6 Å². The molecular weight excluding hydrogens is 1020 g/mol. The lowest BCUT2D eigenvalue weighted by Gasteiger charge is -2.29. The van der Waals surface area contributed by atoms with Crippen molar-refractivity contribution >= 4 is 92.8 Å². The third-order valence-corrected chi connectivity index (χ3v) is 22.8. The van der Waals surface area contributed by atoms with Crippen LogP contribution < -0.4 is 52.5 Å². The summed E-state index contributed by atoms with van der Waals surface area (Å²) < 4.78 is 6.70. The monoisotopic (exact) mass is 1080 g/mol. The zero-order valence-corrected chi connectivity index (χ0v) is 47.5. The number of para-hydroxylation sites is 1. The van der Waals surface area contributed by atoms with Crippen LogP contribution in [0.3, 0.4) is 0 Å². The number of rotatable bonds is 15. The minimum atomic E-state index is -2.05. The van der Waals surface area contributed by atoms with E-state index < -0.39 is 22.5 Å². The van der Waals surface area contributed by atoms with Gasteiger partial charge in [0.1, 0.15) is 52.6 Å². The summed E-state index contributed by atoms with van der Waals surface area (Å²) in [5.41, 5.74) is 0. The average Bonchev–Trinajstić information content (AvgIpc) is 4.01. The highest BCUT2D eigenvalue weighted by Gasteiger charge is 2.44. The van der Waals surface area contributed by atoms with Crippen molar-refractivity contribution in [1.82, 2.24) is 0 Å². The van der Waals surface area contributed by atoms with Gasteiger partial charge in [-0.05, 0) is 108 Å². The normalized spacial score (nSPS) is 11.0. The lowest BCUT2D eigenvalue weighted by Crippen LogP contribution is -2.41. The maximum Gasteiger partial charge on any atom is 0.210 e. The van der Waals surface area contributed by atoms with Gasteiger partial charge in [-0.2, -0.15) is 0 Å². The highest BCUT2D eigenvalue weighted by atomic mass is 35.7. The molecule has 0 N–H and O–H groups in total. The van der Waals surface area contributed by atoms with Crippen LogP contribution in [0.25, 0.3) is 0 Å². The van der Waals surface area contributed by atoms with Gasteiger partial charge in [0.15, 0.2) is 0 Å². The highest BCUT2D eigenvalue weighted by Crippen LogP contribution is 2.60. The van der Waals surface area contributed by atoms with Crippen molar-refractivity contribution in [3.8, 4) is 5.75 Å². The van der Waals surface area contributed by atoms with Crippen LogP contribution in [-0.4, -0.2) is 31.7 Å². The number of hydrogen-bond donors (Lipinski definition) is 0. The van der Waals surface area contributed by atoms with Gasteiger partial charge in [-0.15, -0.1) is 11.3 Å². The molecular formula is C69H65ClNOP3S+2. The van der Waals surface area contributed by atoms with E-state index in [9.17, 15) is 0 Å². The minimum absolute atomic E-state index is 0.446. The van der Waals surface area contributed by atoms with E-state index in [1.807, 2.05) is 59.9 Å². The van der Waals surface area contributed by atoms with Gasteiger partial charge >= 0.3 is 0 Å². The Kier molecular flexibility index (Phi) is 21.5. The molecule has 11 aromatic rings. The van der Waals surface area contributed by atoms with Crippen LogP contribution >= 0.6 is 45.0 Å². The maximum absolute atomic E-state index is 7.23. The number of likely N-dealkylation sites (N-methyl/N-ethyl adjacent to an activating group) is 1. The molecule has 10 aromatic carbocycles. The molecule has 0 saturated heterocycles. The van der Waals surface area contributed by atoms with Gasteiger partial charge in [0.05, 0.1) is 19.0 Å². The molecule has 0 spiro atoms. The maximum atomic E-state index is 7.23. The Morgan fingerprint density at radius 3 is 0.882 bits per heavy atom. The van der Waals surface area contributed by atoms with Gasteiger partial charge in [0, 0.05) is 0 Å².